The molecule has 6 amide bonds. The van der Waals surface area contributed by atoms with Crippen LogP contribution in [0.2, 0.25) is 0 Å². The molecule has 0 aliphatic heterocycles. The molecule has 0 saturated heterocycles. The van der Waals surface area contributed by atoms with E-state index >= 15 is 0 Å². The third-order valence-electron chi connectivity index (χ3n) is 5.67. The molecule has 0 aromatic carbocycles. The summed E-state index contributed by atoms with van der Waals surface area (Å²) < 4.78 is 0. The highest BCUT2D eigenvalue weighted by atomic mass is 16.4. The molecule has 0 rings (SSSR count). The molecule has 0 fully saturated rings. The number of carbonyl (C=O) groups is 8. The lowest BCUT2D eigenvalue weighted by Gasteiger charge is -2.25. The number of hydrogen-bond donors (Lipinski definition) is 10. The van der Waals surface area contributed by atoms with Crippen LogP contribution in [-0.2, 0) is 38.4 Å². The summed E-state index contributed by atoms with van der Waals surface area (Å²) in [5.74, 6) is -8.17. The van der Waals surface area contributed by atoms with E-state index in [9.17, 15) is 43.5 Å². The van der Waals surface area contributed by atoms with Crippen molar-refractivity contribution in [3.05, 3.63) is 0 Å². The first kappa shape index (κ1) is 36.7. The molecular weight excluding hydrogens is 548 g/mol. The molecule has 0 aliphatic rings. The normalized spacial score (nSPS) is 14.3. The predicted octanol–water partition coefficient (Wildman–Crippen LogP) is -4.51. The topological polar surface area (TPSA) is 329 Å². The van der Waals surface area contributed by atoms with E-state index in [4.69, 9.17) is 28.0 Å². The molecule has 41 heavy (non-hydrogen) atoms. The zero-order chi connectivity index (χ0) is 31.7. The average molecular weight is 589 g/mol. The van der Waals surface area contributed by atoms with Gasteiger partial charge in [-0.2, -0.15) is 0 Å². The zero-order valence-corrected chi connectivity index (χ0v) is 22.7. The van der Waals surface area contributed by atoms with Gasteiger partial charge in [0.05, 0.1) is 12.5 Å². The number of rotatable bonds is 21. The zero-order valence-electron chi connectivity index (χ0n) is 22.7. The van der Waals surface area contributed by atoms with Gasteiger partial charge in [0.25, 0.3) is 0 Å². The largest absolute Gasteiger partial charge is 0.481 e. The van der Waals surface area contributed by atoms with Gasteiger partial charge in [-0.1, -0.05) is 0 Å². The number of aliphatic carboxylic acids is 2. The van der Waals surface area contributed by atoms with Gasteiger partial charge < -0.3 is 54.4 Å². The Morgan fingerprint density at radius 3 is 1.73 bits per heavy atom. The van der Waals surface area contributed by atoms with Crippen molar-refractivity contribution in [3.8, 4) is 0 Å². The minimum Gasteiger partial charge on any atom is -0.481 e. The van der Waals surface area contributed by atoms with E-state index in [1.807, 2.05) is 0 Å². The van der Waals surface area contributed by atoms with Gasteiger partial charge in [-0.3, -0.25) is 33.6 Å². The van der Waals surface area contributed by atoms with Gasteiger partial charge in [-0.05, 0) is 45.6 Å². The van der Waals surface area contributed by atoms with Crippen molar-refractivity contribution >= 4 is 47.4 Å². The van der Waals surface area contributed by atoms with Crippen LogP contribution in [-0.4, -0.2) is 94.3 Å². The van der Waals surface area contributed by atoms with Crippen molar-refractivity contribution in [2.75, 3.05) is 6.54 Å². The molecule has 18 nitrogen and oxygen atoms in total. The van der Waals surface area contributed by atoms with Crippen molar-refractivity contribution in [3.63, 3.8) is 0 Å². The Morgan fingerprint density at radius 1 is 0.659 bits per heavy atom. The minimum absolute atomic E-state index is 0.0949. The summed E-state index contributed by atoms with van der Waals surface area (Å²) in [5.41, 5.74) is 21.3. The number of hydrogen-bond acceptors (Lipinski definition) is 10. The van der Waals surface area contributed by atoms with E-state index in [1.165, 1.54) is 6.92 Å². The second-order valence-electron chi connectivity index (χ2n) is 9.25. The maximum atomic E-state index is 12.9. The number of nitrogens with one attached hydrogen (secondary N) is 4. The monoisotopic (exact) mass is 588 g/mol. The summed E-state index contributed by atoms with van der Waals surface area (Å²) in [6, 6.07) is -6.97. The average Bonchev–Trinajstić information content (AvgIpc) is 2.87. The highest BCUT2D eigenvalue weighted by Crippen LogP contribution is 2.05. The summed E-state index contributed by atoms with van der Waals surface area (Å²) in [5, 5.41) is 27.1. The molecule has 5 unspecified atom stereocenters. The third-order valence-corrected chi connectivity index (χ3v) is 5.67. The number of unbranched alkanes of at least 4 members (excludes halogenated alkanes) is 1. The first-order chi connectivity index (χ1) is 19.1. The van der Waals surface area contributed by atoms with Gasteiger partial charge in [-0.15, -0.1) is 0 Å². The number of carbonyl (C=O) groups excluding carboxylic acids is 6. The molecule has 18 heteroatoms. The highest BCUT2D eigenvalue weighted by Gasteiger charge is 2.31. The summed E-state index contributed by atoms with van der Waals surface area (Å²) in [6.07, 6.45) is -1.05. The first-order valence-electron chi connectivity index (χ1n) is 12.8. The SMILES string of the molecule is CC(NC(=O)C(CC(N)=O)NC(=O)C(CCC(N)=O)NC(=O)C(N)CCC(=O)O)C(=O)NC(CCCCN)C(=O)O. The molecule has 0 heterocycles. The van der Waals surface area contributed by atoms with Crippen LogP contribution in [0.4, 0.5) is 0 Å². The van der Waals surface area contributed by atoms with Gasteiger partial charge >= 0.3 is 11.9 Å². The second kappa shape index (κ2) is 18.9. The molecule has 0 aromatic rings. The second-order valence-corrected chi connectivity index (χ2v) is 9.25. The summed E-state index contributed by atoms with van der Waals surface area (Å²) in [7, 11) is 0. The quantitative estimate of drug-likeness (QED) is 0.0567. The van der Waals surface area contributed by atoms with Crippen molar-refractivity contribution in [1.82, 2.24) is 21.3 Å². The predicted molar refractivity (Wildman–Crippen MR) is 141 cm³/mol. The Morgan fingerprint density at radius 2 is 1.22 bits per heavy atom. The Balaban J connectivity index is 5.53. The van der Waals surface area contributed by atoms with Crippen LogP contribution in [0.5, 0.6) is 0 Å². The van der Waals surface area contributed by atoms with E-state index in [0.29, 0.717) is 19.4 Å². The maximum absolute atomic E-state index is 12.9. The molecule has 232 valence electrons. The number of carboxylic acid groups (broad SMARTS) is 2. The third kappa shape index (κ3) is 15.8. The number of carboxylic acids is 2. The van der Waals surface area contributed by atoms with E-state index in [1.54, 1.807) is 0 Å². The molecule has 5 atom stereocenters. The Hall–Kier alpha value is -4.32. The van der Waals surface area contributed by atoms with Gasteiger partial charge in [0.15, 0.2) is 0 Å². The van der Waals surface area contributed by atoms with Crippen molar-refractivity contribution in [2.24, 2.45) is 22.9 Å². The van der Waals surface area contributed by atoms with Crippen LogP contribution in [0.25, 0.3) is 0 Å². The Bertz CT molecular complexity index is 976. The summed E-state index contributed by atoms with van der Waals surface area (Å²) in [4.78, 5) is 95.7. The Labute approximate surface area is 235 Å². The van der Waals surface area contributed by atoms with Crippen LogP contribution in [0.1, 0.15) is 58.3 Å². The van der Waals surface area contributed by atoms with Crippen molar-refractivity contribution < 1.29 is 48.6 Å². The van der Waals surface area contributed by atoms with E-state index in [-0.39, 0.29) is 25.7 Å². The van der Waals surface area contributed by atoms with Gasteiger partial charge in [0.1, 0.15) is 24.2 Å². The maximum Gasteiger partial charge on any atom is 0.326 e. The van der Waals surface area contributed by atoms with Crippen molar-refractivity contribution in [2.45, 2.75) is 88.5 Å². The first-order valence-corrected chi connectivity index (χ1v) is 12.8. The fraction of sp³-hybridized carbons (Fsp3) is 0.652. The molecule has 0 aromatic heterocycles. The lowest BCUT2D eigenvalue weighted by Crippen LogP contribution is -2.58. The summed E-state index contributed by atoms with van der Waals surface area (Å²) >= 11 is 0. The molecule has 0 radical (unpaired) electrons. The van der Waals surface area contributed by atoms with Gasteiger partial charge in [0.2, 0.25) is 35.4 Å². The van der Waals surface area contributed by atoms with E-state index < -0.39 is 90.4 Å². The molecule has 0 aliphatic carbocycles. The van der Waals surface area contributed by atoms with Crippen LogP contribution < -0.4 is 44.2 Å². The molecule has 0 spiro atoms. The van der Waals surface area contributed by atoms with Crippen molar-refractivity contribution in [1.29, 1.82) is 0 Å². The van der Waals surface area contributed by atoms with E-state index in [2.05, 4.69) is 21.3 Å². The fourth-order valence-corrected chi connectivity index (χ4v) is 3.35. The van der Waals surface area contributed by atoms with Crippen LogP contribution >= 0.6 is 0 Å². The van der Waals surface area contributed by atoms with Crippen LogP contribution in [0.3, 0.4) is 0 Å². The molecule has 0 saturated carbocycles. The van der Waals surface area contributed by atoms with Gasteiger partial charge in [-0.25, -0.2) is 4.79 Å². The number of nitrogens with two attached hydrogens (primary N) is 4. The van der Waals surface area contributed by atoms with Crippen LogP contribution in [0, 0.1) is 0 Å². The molecular formula is C23H40N8O10. The minimum atomic E-state index is -1.64. The van der Waals surface area contributed by atoms with E-state index in [0.717, 1.165) is 0 Å². The Kier molecular flexibility index (Phi) is 16.9. The standard InChI is InChI=1S/C23H40N8O10/c1-11(19(36)30-14(23(40)41)4-2-3-9-24)28-22(39)15(10-17(27)33)31-21(38)13(6-7-16(26)32)29-20(37)12(25)5-8-18(34)35/h11-15H,2-10,24-25H2,1H3,(H2,26,32)(H2,27,33)(H,28,39)(H,29,37)(H,30,36)(H,31,38)(H,34,35)(H,40,41). The number of primary amides is 2. The number of amides is 6. The van der Waals surface area contributed by atoms with Gasteiger partial charge in [0, 0.05) is 12.8 Å². The highest BCUT2D eigenvalue weighted by molar-refractivity contribution is 5.97. The van der Waals surface area contributed by atoms with Crippen LogP contribution in [0.15, 0.2) is 0 Å². The smallest absolute Gasteiger partial charge is 0.326 e. The molecule has 14 N–H and O–H groups in total. The summed E-state index contributed by atoms with van der Waals surface area (Å²) in [6.45, 7) is 1.58. The lowest BCUT2D eigenvalue weighted by atomic mass is 10.1. The fourth-order valence-electron chi connectivity index (χ4n) is 3.35. The molecule has 0 bridgehead atoms. The lowest BCUT2D eigenvalue weighted by molar-refractivity contribution is -0.142.